The van der Waals surface area contributed by atoms with Crippen LogP contribution in [0.2, 0.25) is 0 Å². The molecule has 3 rings (SSSR count). The molecule has 5 nitrogen and oxygen atoms in total. The monoisotopic (exact) mass is 316 g/mol. The van der Waals surface area contributed by atoms with E-state index in [9.17, 15) is 23.3 Å². The Labute approximate surface area is 124 Å². The van der Waals surface area contributed by atoms with Crippen LogP contribution in [0.15, 0.2) is 18.2 Å². The maximum atomic E-state index is 13.3. The number of hydrogen-bond acceptors (Lipinski definition) is 4. The van der Waals surface area contributed by atoms with Crippen molar-refractivity contribution in [1.29, 1.82) is 0 Å². The van der Waals surface area contributed by atoms with Crippen LogP contribution in [0.3, 0.4) is 0 Å². The summed E-state index contributed by atoms with van der Waals surface area (Å²) in [5.74, 6) is 0. The number of nitrogens with zero attached hydrogens (tertiary/aromatic N) is 2. The van der Waals surface area contributed by atoms with Gasteiger partial charge in [0.15, 0.2) is 0 Å². The van der Waals surface area contributed by atoms with Gasteiger partial charge in [0.05, 0.1) is 27.8 Å². The third-order valence-electron chi connectivity index (χ3n) is 4.78. The van der Waals surface area contributed by atoms with E-state index in [0.717, 1.165) is 18.9 Å². The number of hydrogen-bond donors (Lipinski definition) is 0. The van der Waals surface area contributed by atoms with Gasteiger partial charge in [-0.15, -0.1) is 0 Å². The highest BCUT2D eigenvalue weighted by Gasteiger charge is 2.56. The van der Waals surface area contributed by atoms with E-state index in [2.05, 4.69) is 0 Å². The highest BCUT2D eigenvalue weighted by atomic mass is 19.4. The zero-order valence-corrected chi connectivity index (χ0v) is 11.9. The van der Waals surface area contributed by atoms with Crippen molar-refractivity contribution >= 4 is 11.4 Å². The number of benzene rings is 1. The van der Waals surface area contributed by atoms with Gasteiger partial charge in [-0.05, 0) is 25.3 Å². The van der Waals surface area contributed by atoms with Crippen LogP contribution >= 0.6 is 0 Å². The Balaban J connectivity index is 2.09. The van der Waals surface area contributed by atoms with Gasteiger partial charge < -0.3 is 9.64 Å². The maximum absolute atomic E-state index is 13.3. The third-order valence-corrected chi connectivity index (χ3v) is 4.78. The first-order valence-corrected chi connectivity index (χ1v) is 7.04. The van der Waals surface area contributed by atoms with Crippen molar-refractivity contribution in [3.63, 3.8) is 0 Å². The van der Waals surface area contributed by atoms with Crippen molar-refractivity contribution in [3.8, 4) is 0 Å². The van der Waals surface area contributed by atoms with Gasteiger partial charge in [0, 0.05) is 12.1 Å². The molecule has 2 unspecified atom stereocenters. The molecular weight excluding hydrogens is 301 g/mol. The van der Waals surface area contributed by atoms with Gasteiger partial charge in [-0.25, -0.2) is 0 Å². The topological polar surface area (TPSA) is 55.6 Å². The van der Waals surface area contributed by atoms with Crippen molar-refractivity contribution in [1.82, 2.24) is 0 Å². The van der Waals surface area contributed by atoms with Crippen LogP contribution in [0.4, 0.5) is 24.5 Å². The van der Waals surface area contributed by atoms with E-state index >= 15 is 0 Å². The van der Waals surface area contributed by atoms with Crippen molar-refractivity contribution in [2.75, 3.05) is 11.6 Å². The first-order chi connectivity index (χ1) is 10.3. The summed E-state index contributed by atoms with van der Waals surface area (Å²) in [4.78, 5) is 11.6. The number of nitro groups is 1. The smallest absolute Gasteiger partial charge is 0.355 e. The lowest BCUT2D eigenvalue weighted by molar-refractivity contribution is -0.385. The van der Waals surface area contributed by atoms with Crippen molar-refractivity contribution in [3.05, 3.63) is 33.9 Å². The second-order valence-corrected chi connectivity index (χ2v) is 5.66. The Kier molecular flexibility index (Phi) is 3.32. The zero-order chi connectivity index (χ0) is 16.1. The van der Waals surface area contributed by atoms with Crippen LogP contribution in [0.5, 0.6) is 0 Å². The molecule has 0 spiro atoms. The van der Waals surface area contributed by atoms with Gasteiger partial charge in [-0.1, -0.05) is 6.92 Å². The highest BCUT2D eigenvalue weighted by molar-refractivity contribution is 5.62. The van der Waals surface area contributed by atoms with Crippen LogP contribution in [-0.2, 0) is 10.9 Å². The largest absolute Gasteiger partial charge is 0.418 e. The van der Waals surface area contributed by atoms with E-state index in [0.29, 0.717) is 12.5 Å². The highest BCUT2D eigenvalue weighted by Crippen LogP contribution is 2.51. The van der Waals surface area contributed by atoms with E-state index in [1.807, 2.05) is 6.92 Å². The summed E-state index contributed by atoms with van der Waals surface area (Å²) in [6.07, 6.45) is -2.45. The maximum Gasteiger partial charge on any atom is 0.418 e. The number of anilines is 1. The van der Waals surface area contributed by atoms with Gasteiger partial charge >= 0.3 is 6.18 Å². The molecule has 1 saturated heterocycles. The fraction of sp³-hybridized carbons (Fsp3) is 0.571. The molecule has 0 aromatic heterocycles. The summed E-state index contributed by atoms with van der Waals surface area (Å²) in [5.41, 5.74) is -2.00. The molecule has 1 aliphatic carbocycles. The summed E-state index contributed by atoms with van der Waals surface area (Å²) in [7, 11) is 0. The van der Waals surface area contributed by atoms with Crippen LogP contribution in [0.1, 0.15) is 31.7 Å². The van der Waals surface area contributed by atoms with Gasteiger partial charge in [-0.2, -0.15) is 13.2 Å². The molecule has 1 aromatic rings. The molecule has 1 saturated carbocycles. The van der Waals surface area contributed by atoms with E-state index in [-0.39, 0.29) is 18.5 Å². The molecule has 2 aliphatic rings. The van der Waals surface area contributed by atoms with Gasteiger partial charge in [0.2, 0.25) is 0 Å². The summed E-state index contributed by atoms with van der Waals surface area (Å²) in [5, 5.41) is 10.8. The predicted octanol–water partition coefficient (Wildman–Crippen LogP) is 3.72. The number of alkyl halides is 3. The lowest BCUT2D eigenvalue weighted by Crippen LogP contribution is -2.57. The minimum absolute atomic E-state index is 0.0397. The Morgan fingerprint density at radius 3 is 2.73 bits per heavy atom. The molecule has 0 amide bonds. The number of fused-ring (bicyclic) bond motifs is 1. The standard InChI is InChI=1S/C14H15F3N2O3/c1-2-13-6-5-12(13)22-8-18(13)11-4-3-9(19(20)21)7-10(11)14(15,16)17/h3-4,7,12H,2,5-6,8H2,1H3. The fourth-order valence-corrected chi connectivity index (χ4v) is 3.44. The Hall–Kier alpha value is -1.83. The third kappa shape index (κ3) is 2.05. The number of rotatable bonds is 3. The predicted molar refractivity (Wildman–Crippen MR) is 72.6 cm³/mol. The fourth-order valence-electron chi connectivity index (χ4n) is 3.44. The molecule has 8 heteroatoms. The van der Waals surface area contributed by atoms with Gasteiger partial charge in [0.1, 0.15) is 6.73 Å². The van der Waals surface area contributed by atoms with Gasteiger partial charge in [0.25, 0.3) is 5.69 Å². The molecule has 1 heterocycles. The van der Waals surface area contributed by atoms with E-state index in [1.54, 1.807) is 4.90 Å². The molecular formula is C14H15F3N2O3. The second-order valence-electron chi connectivity index (χ2n) is 5.66. The molecule has 1 aromatic carbocycles. The lowest BCUT2D eigenvalue weighted by atomic mass is 9.71. The zero-order valence-electron chi connectivity index (χ0n) is 11.9. The molecule has 120 valence electrons. The first-order valence-electron chi connectivity index (χ1n) is 7.04. The Bertz CT molecular complexity index is 616. The van der Waals surface area contributed by atoms with Crippen molar-refractivity contribution < 1.29 is 22.8 Å². The summed E-state index contributed by atoms with van der Waals surface area (Å²) >= 11 is 0. The average molecular weight is 316 g/mol. The SMILES string of the molecule is CCC12CCC1OCN2c1ccc([N+](=O)[O-])cc1C(F)(F)F. The number of non-ortho nitro benzene ring substituents is 1. The molecule has 2 fully saturated rings. The van der Waals surface area contributed by atoms with Gasteiger partial charge in [-0.3, -0.25) is 10.1 Å². The lowest BCUT2D eigenvalue weighted by Gasteiger charge is -2.48. The van der Waals surface area contributed by atoms with Crippen molar-refractivity contribution in [2.45, 2.75) is 44.0 Å². The van der Waals surface area contributed by atoms with Crippen LogP contribution in [0, 0.1) is 10.1 Å². The minimum atomic E-state index is -4.65. The summed E-state index contributed by atoms with van der Waals surface area (Å²) < 4.78 is 45.6. The van der Waals surface area contributed by atoms with E-state index < -0.39 is 27.9 Å². The molecule has 22 heavy (non-hydrogen) atoms. The Morgan fingerprint density at radius 1 is 1.50 bits per heavy atom. The van der Waals surface area contributed by atoms with E-state index in [1.165, 1.54) is 6.07 Å². The van der Waals surface area contributed by atoms with Crippen LogP contribution in [-0.4, -0.2) is 23.3 Å². The minimum Gasteiger partial charge on any atom is -0.355 e. The van der Waals surface area contributed by atoms with Crippen LogP contribution in [0.25, 0.3) is 0 Å². The summed E-state index contributed by atoms with van der Waals surface area (Å²) in [6, 6.07) is 2.90. The summed E-state index contributed by atoms with van der Waals surface area (Å²) in [6.45, 7) is 2.01. The first kappa shape index (κ1) is 15.1. The second kappa shape index (κ2) is 4.84. The average Bonchev–Trinajstić information content (AvgIpc) is 2.68. The Morgan fingerprint density at radius 2 is 2.23 bits per heavy atom. The molecule has 0 bridgehead atoms. The number of halogens is 3. The molecule has 1 aliphatic heterocycles. The molecule has 0 N–H and O–H groups in total. The number of nitro benzene ring substituents is 1. The van der Waals surface area contributed by atoms with Crippen LogP contribution < -0.4 is 4.90 Å². The van der Waals surface area contributed by atoms with E-state index in [4.69, 9.17) is 4.74 Å². The van der Waals surface area contributed by atoms with Crippen molar-refractivity contribution in [2.24, 2.45) is 0 Å². The number of ether oxygens (including phenoxy) is 1. The molecule has 0 radical (unpaired) electrons. The normalized spacial score (nSPS) is 27.5. The quantitative estimate of drug-likeness (QED) is 0.630. The molecule has 2 atom stereocenters.